The lowest BCUT2D eigenvalue weighted by atomic mass is 10.1. The molecule has 0 unspecified atom stereocenters. The zero-order valence-corrected chi connectivity index (χ0v) is 10.9. The Bertz CT molecular complexity index is 257. The highest BCUT2D eigenvalue weighted by Crippen LogP contribution is 2.08. The third-order valence-corrected chi connectivity index (χ3v) is 2.70. The van der Waals surface area contributed by atoms with Gasteiger partial charge in [-0.1, -0.05) is 31.4 Å². The van der Waals surface area contributed by atoms with Gasteiger partial charge in [0, 0.05) is 11.9 Å². The van der Waals surface area contributed by atoms with Crippen LogP contribution in [0.15, 0.2) is 27.9 Å². The fraction of sp³-hybridized carbons (Fsp3) is 0.643. The molecule has 0 atom stereocenters. The number of unbranched alkanes of at least 4 members (excludes halogenated alkanes) is 1. The molecule has 1 nitrogen and oxygen atoms in total. The van der Waals surface area contributed by atoms with Crippen LogP contribution in [0.2, 0.25) is 0 Å². The van der Waals surface area contributed by atoms with E-state index in [2.05, 4.69) is 45.7 Å². The van der Waals surface area contributed by atoms with Crippen LogP contribution in [0.1, 0.15) is 60.3 Å². The molecule has 0 rings (SSSR count). The van der Waals surface area contributed by atoms with E-state index in [0.717, 1.165) is 12.1 Å². The maximum absolute atomic E-state index is 4.42. The van der Waals surface area contributed by atoms with E-state index in [9.17, 15) is 0 Å². The van der Waals surface area contributed by atoms with Crippen LogP contribution in [0.3, 0.4) is 0 Å². The van der Waals surface area contributed by atoms with Crippen molar-refractivity contribution in [1.29, 1.82) is 0 Å². The molecule has 0 heterocycles. The van der Waals surface area contributed by atoms with E-state index in [1.807, 2.05) is 6.21 Å². The third kappa shape index (κ3) is 7.12. The largest absolute Gasteiger partial charge is 0.262 e. The van der Waals surface area contributed by atoms with Crippen molar-refractivity contribution >= 4 is 6.21 Å². The van der Waals surface area contributed by atoms with Gasteiger partial charge in [-0.25, -0.2) is 0 Å². The number of allylic oxidation sites excluding steroid dienone is 4. The van der Waals surface area contributed by atoms with Crippen LogP contribution in [0, 0.1) is 0 Å². The van der Waals surface area contributed by atoms with E-state index in [0.29, 0.717) is 0 Å². The molecule has 86 valence electrons. The molecule has 0 N–H and O–H groups in total. The van der Waals surface area contributed by atoms with E-state index >= 15 is 0 Å². The van der Waals surface area contributed by atoms with Gasteiger partial charge >= 0.3 is 0 Å². The van der Waals surface area contributed by atoms with Gasteiger partial charge in [-0.15, -0.1) is 0 Å². The molecule has 0 fully saturated rings. The normalized spacial score (nSPS) is 14.6. The molecule has 0 aromatic rings. The zero-order chi connectivity index (χ0) is 11.7. The Morgan fingerprint density at radius 2 is 1.80 bits per heavy atom. The smallest absolute Gasteiger partial charge is 0.0361 e. The van der Waals surface area contributed by atoms with E-state index in [1.165, 1.54) is 30.4 Å². The van der Waals surface area contributed by atoms with Gasteiger partial charge in [0.1, 0.15) is 0 Å². The van der Waals surface area contributed by atoms with E-state index in [1.54, 1.807) is 0 Å². The summed E-state index contributed by atoms with van der Waals surface area (Å²) in [5.41, 5.74) is 3.94. The second-order valence-electron chi connectivity index (χ2n) is 4.11. The van der Waals surface area contributed by atoms with Gasteiger partial charge < -0.3 is 0 Å². The topological polar surface area (TPSA) is 12.4 Å². The minimum absolute atomic E-state index is 1.09. The number of nitrogens with zero attached hydrogens (tertiary/aromatic N) is 1. The molecule has 0 bridgehead atoms. The minimum atomic E-state index is 1.09. The fourth-order valence-corrected chi connectivity index (χ4v) is 1.18. The first-order valence-electron chi connectivity index (χ1n) is 5.98. The van der Waals surface area contributed by atoms with Gasteiger partial charge in [0.05, 0.1) is 0 Å². The molecular weight excluding hydrogens is 182 g/mol. The van der Waals surface area contributed by atoms with Gasteiger partial charge in [-0.3, -0.25) is 4.99 Å². The molecule has 0 aliphatic heterocycles. The number of hydrogen-bond donors (Lipinski definition) is 0. The maximum atomic E-state index is 4.42. The Labute approximate surface area is 95.0 Å². The van der Waals surface area contributed by atoms with Crippen molar-refractivity contribution in [3.63, 3.8) is 0 Å². The van der Waals surface area contributed by atoms with Crippen molar-refractivity contribution < 1.29 is 0 Å². The number of aliphatic imine (C=N–C) groups is 1. The van der Waals surface area contributed by atoms with Crippen molar-refractivity contribution in [1.82, 2.24) is 0 Å². The number of hydrogen-bond acceptors (Lipinski definition) is 1. The third-order valence-electron chi connectivity index (χ3n) is 2.70. The molecule has 0 aliphatic rings. The van der Waals surface area contributed by atoms with Crippen molar-refractivity contribution in [3.8, 4) is 0 Å². The fourth-order valence-electron chi connectivity index (χ4n) is 1.18. The van der Waals surface area contributed by atoms with Crippen molar-refractivity contribution in [2.24, 2.45) is 4.99 Å². The molecule has 0 saturated carbocycles. The molecule has 0 aliphatic carbocycles. The van der Waals surface area contributed by atoms with Gasteiger partial charge in [0.2, 0.25) is 0 Å². The second-order valence-corrected chi connectivity index (χ2v) is 4.11. The highest BCUT2D eigenvalue weighted by atomic mass is 14.7. The van der Waals surface area contributed by atoms with Crippen LogP contribution in [-0.2, 0) is 0 Å². The number of rotatable bonds is 6. The molecule has 0 spiro atoms. The Hall–Kier alpha value is -0.850. The van der Waals surface area contributed by atoms with Crippen LogP contribution in [-0.4, -0.2) is 6.21 Å². The lowest BCUT2D eigenvalue weighted by molar-refractivity contribution is 0.788. The van der Waals surface area contributed by atoms with Gasteiger partial charge in [0.15, 0.2) is 0 Å². The Kier molecular flexibility index (Phi) is 7.98. The summed E-state index contributed by atoms with van der Waals surface area (Å²) < 4.78 is 0. The van der Waals surface area contributed by atoms with Crippen LogP contribution < -0.4 is 0 Å². The molecule has 0 aromatic heterocycles. The summed E-state index contributed by atoms with van der Waals surface area (Å²) in [6.07, 6.45) is 8.87. The first-order valence-corrected chi connectivity index (χ1v) is 5.98. The van der Waals surface area contributed by atoms with Gasteiger partial charge in [-0.05, 0) is 46.1 Å². The Morgan fingerprint density at radius 1 is 1.13 bits per heavy atom. The molecule has 0 radical (unpaired) electrons. The average Bonchev–Trinajstić information content (AvgIpc) is 2.24. The quantitative estimate of drug-likeness (QED) is 0.549. The second kappa shape index (κ2) is 8.46. The van der Waals surface area contributed by atoms with Crippen LogP contribution in [0.4, 0.5) is 0 Å². The SMILES string of the molecule is CCCC/C(C)=C/C=NC(C)=C(C)CC. The van der Waals surface area contributed by atoms with E-state index < -0.39 is 0 Å². The minimum Gasteiger partial charge on any atom is -0.262 e. The highest BCUT2D eigenvalue weighted by molar-refractivity contribution is 5.73. The summed E-state index contributed by atoms with van der Waals surface area (Å²) in [6.45, 7) is 10.8. The monoisotopic (exact) mass is 207 g/mol. The molecule has 0 amide bonds. The Morgan fingerprint density at radius 3 is 2.33 bits per heavy atom. The summed E-state index contributed by atoms with van der Waals surface area (Å²) >= 11 is 0. The van der Waals surface area contributed by atoms with Crippen molar-refractivity contribution in [3.05, 3.63) is 22.9 Å². The predicted octanol–water partition coefficient (Wildman–Crippen LogP) is 4.90. The highest BCUT2D eigenvalue weighted by Gasteiger charge is 1.90. The van der Waals surface area contributed by atoms with Crippen molar-refractivity contribution in [2.45, 2.75) is 60.3 Å². The standard InChI is InChI=1S/C14H25N/c1-6-8-9-12(3)10-11-15-14(5)13(4)7-2/h10-11H,6-9H2,1-5H3/b12-10+,14-13?,15-11?. The molecule has 0 saturated heterocycles. The average molecular weight is 207 g/mol. The lowest BCUT2D eigenvalue weighted by Gasteiger charge is -1.98. The first kappa shape index (κ1) is 14.2. The zero-order valence-electron chi connectivity index (χ0n) is 10.9. The van der Waals surface area contributed by atoms with Crippen LogP contribution >= 0.6 is 0 Å². The van der Waals surface area contributed by atoms with Gasteiger partial charge in [-0.2, -0.15) is 0 Å². The maximum Gasteiger partial charge on any atom is 0.0361 e. The van der Waals surface area contributed by atoms with E-state index in [4.69, 9.17) is 0 Å². The lowest BCUT2D eigenvalue weighted by Crippen LogP contribution is -1.81. The van der Waals surface area contributed by atoms with Crippen LogP contribution in [0.25, 0.3) is 0 Å². The summed E-state index contributed by atoms with van der Waals surface area (Å²) in [5.74, 6) is 0. The molecule has 15 heavy (non-hydrogen) atoms. The summed E-state index contributed by atoms with van der Waals surface area (Å²) in [6, 6.07) is 0. The molecular formula is C14H25N. The predicted molar refractivity (Wildman–Crippen MR) is 70.4 cm³/mol. The first-order chi connectivity index (χ1) is 7.11. The van der Waals surface area contributed by atoms with Crippen LogP contribution in [0.5, 0.6) is 0 Å². The summed E-state index contributed by atoms with van der Waals surface area (Å²) in [7, 11) is 0. The van der Waals surface area contributed by atoms with E-state index in [-0.39, 0.29) is 0 Å². The van der Waals surface area contributed by atoms with Crippen molar-refractivity contribution in [2.75, 3.05) is 0 Å². The van der Waals surface area contributed by atoms with Gasteiger partial charge in [0.25, 0.3) is 0 Å². The summed E-state index contributed by atoms with van der Waals surface area (Å²) in [4.78, 5) is 4.42. The summed E-state index contributed by atoms with van der Waals surface area (Å²) in [5, 5.41) is 0. The molecule has 0 aromatic carbocycles. The Balaban J connectivity index is 4.18. The molecule has 1 heteroatoms.